The van der Waals surface area contributed by atoms with Crippen LogP contribution < -0.4 is 0 Å². The number of carbonyl (C=O) groups excluding carboxylic acids is 1. The molecule has 0 saturated carbocycles. The van der Waals surface area contributed by atoms with Crippen molar-refractivity contribution in [2.45, 2.75) is 32.1 Å². The van der Waals surface area contributed by atoms with Gasteiger partial charge in [-0.05, 0) is 25.9 Å². The van der Waals surface area contributed by atoms with E-state index < -0.39 is 0 Å². The summed E-state index contributed by atoms with van der Waals surface area (Å²) in [6.07, 6.45) is 5.78. The van der Waals surface area contributed by atoms with E-state index in [4.69, 9.17) is 0 Å². The Bertz CT molecular complexity index is 151. The summed E-state index contributed by atoms with van der Waals surface area (Å²) in [5.41, 5.74) is 0. The van der Waals surface area contributed by atoms with Gasteiger partial charge in [-0.1, -0.05) is 12.8 Å². The molecule has 0 radical (unpaired) electrons. The van der Waals surface area contributed by atoms with Gasteiger partial charge >= 0.3 is 5.97 Å². The summed E-state index contributed by atoms with van der Waals surface area (Å²) in [5, 5.41) is 0. The summed E-state index contributed by atoms with van der Waals surface area (Å²) in [4.78, 5) is 13.3. The third kappa shape index (κ3) is 4.27. The van der Waals surface area contributed by atoms with E-state index in [2.05, 4.69) is 9.64 Å². The van der Waals surface area contributed by atoms with Crippen LogP contribution in [0.4, 0.5) is 0 Å². The van der Waals surface area contributed by atoms with Gasteiger partial charge in [0.2, 0.25) is 0 Å². The Hall–Kier alpha value is -0.570. The maximum Gasteiger partial charge on any atom is 0.306 e. The summed E-state index contributed by atoms with van der Waals surface area (Å²) in [5.74, 6) is -0.0933. The van der Waals surface area contributed by atoms with E-state index in [1.165, 1.54) is 32.8 Å². The molecular formula is C10H19NO2. The zero-order chi connectivity index (χ0) is 9.52. The first kappa shape index (κ1) is 10.5. The molecule has 3 heteroatoms. The van der Waals surface area contributed by atoms with E-state index >= 15 is 0 Å². The highest BCUT2D eigenvalue weighted by Crippen LogP contribution is 2.09. The number of ether oxygens (including phenoxy) is 1. The largest absolute Gasteiger partial charge is 0.469 e. The van der Waals surface area contributed by atoms with E-state index in [1.807, 2.05) is 0 Å². The van der Waals surface area contributed by atoms with Gasteiger partial charge in [0.05, 0.1) is 13.5 Å². The summed E-state index contributed by atoms with van der Waals surface area (Å²) < 4.78 is 4.61. The molecule has 1 fully saturated rings. The summed E-state index contributed by atoms with van der Waals surface area (Å²) in [6.45, 7) is 3.17. The molecule has 0 unspecified atom stereocenters. The monoisotopic (exact) mass is 185 g/mol. The molecule has 0 aromatic heterocycles. The minimum absolute atomic E-state index is 0.0933. The number of carbonyl (C=O) groups is 1. The van der Waals surface area contributed by atoms with Crippen LogP contribution in [0.3, 0.4) is 0 Å². The predicted octanol–water partition coefficient (Wildman–Crippen LogP) is 1.43. The Morgan fingerprint density at radius 2 is 1.85 bits per heavy atom. The molecule has 13 heavy (non-hydrogen) atoms. The number of likely N-dealkylation sites (tertiary alicyclic amines) is 1. The van der Waals surface area contributed by atoms with E-state index in [-0.39, 0.29) is 5.97 Å². The molecule has 0 spiro atoms. The quantitative estimate of drug-likeness (QED) is 0.623. The Morgan fingerprint density at radius 1 is 1.23 bits per heavy atom. The topological polar surface area (TPSA) is 29.5 Å². The molecule has 0 bridgehead atoms. The van der Waals surface area contributed by atoms with Crippen molar-refractivity contribution in [3.05, 3.63) is 0 Å². The van der Waals surface area contributed by atoms with Crippen LogP contribution in [0.25, 0.3) is 0 Å². The molecule has 0 amide bonds. The summed E-state index contributed by atoms with van der Waals surface area (Å²) >= 11 is 0. The molecule has 0 aromatic carbocycles. The van der Waals surface area contributed by atoms with Gasteiger partial charge < -0.3 is 9.64 Å². The fourth-order valence-electron chi connectivity index (χ4n) is 1.71. The van der Waals surface area contributed by atoms with Gasteiger partial charge in [0, 0.05) is 6.54 Å². The van der Waals surface area contributed by atoms with E-state index in [0.29, 0.717) is 6.42 Å². The van der Waals surface area contributed by atoms with Gasteiger partial charge in [0.25, 0.3) is 0 Å². The van der Waals surface area contributed by atoms with Gasteiger partial charge in [-0.3, -0.25) is 4.79 Å². The zero-order valence-corrected chi connectivity index (χ0v) is 8.42. The van der Waals surface area contributed by atoms with Gasteiger partial charge in [-0.25, -0.2) is 0 Å². The number of rotatable bonds is 3. The van der Waals surface area contributed by atoms with Crippen LogP contribution in [-0.2, 0) is 9.53 Å². The molecule has 0 aromatic rings. The number of hydrogen-bond acceptors (Lipinski definition) is 3. The molecule has 1 rings (SSSR count). The van der Waals surface area contributed by atoms with Crippen molar-refractivity contribution in [2.75, 3.05) is 26.7 Å². The predicted molar refractivity (Wildman–Crippen MR) is 51.5 cm³/mol. The summed E-state index contributed by atoms with van der Waals surface area (Å²) in [7, 11) is 1.45. The first-order valence-corrected chi connectivity index (χ1v) is 5.12. The first-order valence-electron chi connectivity index (χ1n) is 5.12. The Kier molecular flexibility index (Phi) is 4.83. The Labute approximate surface area is 80.1 Å². The first-order chi connectivity index (χ1) is 6.33. The fourth-order valence-corrected chi connectivity index (χ4v) is 1.71. The molecule has 0 aliphatic carbocycles. The minimum atomic E-state index is -0.0933. The second-order valence-corrected chi connectivity index (χ2v) is 3.58. The standard InChI is InChI=1S/C10H19NO2/c1-13-10(12)6-9-11-7-4-2-3-5-8-11/h2-9H2,1H3. The van der Waals surface area contributed by atoms with Crippen LogP contribution in [0.5, 0.6) is 0 Å². The number of methoxy groups -OCH3 is 1. The van der Waals surface area contributed by atoms with Crippen molar-refractivity contribution in [3.8, 4) is 0 Å². The van der Waals surface area contributed by atoms with Crippen molar-refractivity contribution in [3.63, 3.8) is 0 Å². The molecule has 76 valence electrons. The van der Waals surface area contributed by atoms with Crippen molar-refractivity contribution in [1.29, 1.82) is 0 Å². The van der Waals surface area contributed by atoms with Crippen LogP contribution in [0, 0.1) is 0 Å². The molecule has 0 atom stereocenters. The summed E-state index contributed by atoms with van der Waals surface area (Å²) in [6, 6.07) is 0. The molecule has 1 saturated heterocycles. The number of nitrogens with zero attached hydrogens (tertiary/aromatic N) is 1. The molecule has 1 aliphatic heterocycles. The lowest BCUT2D eigenvalue weighted by molar-refractivity contribution is -0.140. The fraction of sp³-hybridized carbons (Fsp3) is 0.900. The van der Waals surface area contributed by atoms with Gasteiger partial charge in [-0.2, -0.15) is 0 Å². The highest BCUT2D eigenvalue weighted by Gasteiger charge is 2.10. The molecule has 0 N–H and O–H groups in total. The normalized spacial score (nSPS) is 19.5. The van der Waals surface area contributed by atoms with Crippen LogP contribution in [0.15, 0.2) is 0 Å². The second kappa shape index (κ2) is 5.97. The molecule has 1 heterocycles. The smallest absolute Gasteiger partial charge is 0.306 e. The lowest BCUT2D eigenvalue weighted by Gasteiger charge is -2.18. The van der Waals surface area contributed by atoms with Crippen molar-refractivity contribution >= 4 is 5.97 Å². The van der Waals surface area contributed by atoms with Gasteiger partial charge in [0.1, 0.15) is 0 Å². The third-order valence-corrected chi connectivity index (χ3v) is 2.56. The van der Waals surface area contributed by atoms with Crippen molar-refractivity contribution < 1.29 is 9.53 Å². The molecule has 3 nitrogen and oxygen atoms in total. The third-order valence-electron chi connectivity index (χ3n) is 2.56. The van der Waals surface area contributed by atoms with E-state index in [1.54, 1.807) is 0 Å². The molecular weight excluding hydrogens is 166 g/mol. The van der Waals surface area contributed by atoms with Crippen molar-refractivity contribution in [2.24, 2.45) is 0 Å². The highest BCUT2D eigenvalue weighted by molar-refractivity contribution is 5.69. The van der Waals surface area contributed by atoms with Crippen LogP contribution >= 0.6 is 0 Å². The lowest BCUT2D eigenvalue weighted by Crippen LogP contribution is -2.27. The Balaban J connectivity index is 2.15. The second-order valence-electron chi connectivity index (χ2n) is 3.58. The highest BCUT2D eigenvalue weighted by atomic mass is 16.5. The van der Waals surface area contributed by atoms with Crippen LogP contribution in [0.1, 0.15) is 32.1 Å². The molecule has 1 aliphatic rings. The lowest BCUT2D eigenvalue weighted by atomic mass is 10.2. The average molecular weight is 185 g/mol. The minimum Gasteiger partial charge on any atom is -0.469 e. The maximum atomic E-state index is 10.9. The zero-order valence-electron chi connectivity index (χ0n) is 8.42. The Morgan fingerprint density at radius 3 is 2.38 bits per heavy atom. The maximum absolute atomic E-state index is 10.9. The van der Waals surface area contributed by atoms with Crippen LogP contribution in [-0.4, -0.2) is 37.6 Å². The number of esters is 1. The van der Waals surface area contributed by atoms with Crippen LogP contribution in [0.2, 0.25) is 0 Å². The van der Waals surface area contributed by atoms with E-state index in [9.17, 15) is 4.79 Å². The van der Waals surface area contributed by atoms with Gasteiger partial charge in [0.15, 0.2) is 0 Å². The number of hydrogen-bond donors (Lipinski definition) is 0. The van der Waals surface area contributed by atoms with E-state index in [0.717, 1.165) is 19.6 Å². The van der Waals surface area contributed by atoms with Crippen molar-refractivity contribution in [1.82, 2.24) is 4.90 Å². The van der Waals surface area contributed by atoms with Gasteiger partial charge in [-0.15, -0.1) is 0 Å². The average Bonchev–Trinajstić information content (AvgIpc) is 2.42. The SMILES string of the molecule is COC(=O)CCN1CCCCCC1.